The number of amides is 1. The molecule has 6 nitrogen and oxygen atoms in total. The van der Waals surface area contributed by atoms with Gasteiger partial charge in [0.25, 0.3) is 0 Å². The molecule has 0 saturated heterocycles. The molecule has 0 bridgehead atoms. The summed E-state index contributed by atoms with van der Waals surface area (Å²) in [6.45, 7) is 3.79. The topological polar surface area (TPSA) is 68.8 Å². The van der Waals surface area contributed by atoms with Gasteiger partial charge in [-0.1, -0.05) is 29.8 Å². The molecule has 0 spiro atoms. The number of unbranched alkanes of at least 4 members (excludes halogenated alkanes) is 1. The molecule has 0 saturated carbocycles. The van der Waals surface area contributed by atoms with Crippen LogP contribution in [0.1, 0.15) is 36.0 Å². The van der Waals surface area contributed by atoms with E-state index < -0.39 is 0 Å². The van der Waals surface area contributed by atoms with Crippen molar-refractivity contribution in [1.29, 1.82) is 0 Å². The minimum Gasteiger partial charge on any atom is -0.496 e. The number of carbonyl (C=O) groups excluding carboxylic acids is 1. The van der Waals surface area contributed by atoms with Crippen LogP contribution in [-0.2, 0) is 17.9 Å². The first-order valence-electron chi connectivity index (χ1n) is 9.92. The first-order chi connectivity index (χ1) is 14.1. The molecule has 0 aromatic heterocycles. The number of methoxy groups -OCH3 is 2. The molecule has 0 atom stereocenters. The largest absolute Gasteiger partial charge is 0.496 e. The number of ether oxygens (including phenoxy) is 3. The van der Waals surface area contributed by atoms with Gasteiger partial charge in [-0.15, -0.1) is 0 Å². The molecule has 0 aliphatic carbocycles. The van der Waals surface area contributed by atoms with Crippen LogP contribution in [0.5, 0.6) is 17.2 Å². The fourth-order valence-electron chi connectivity index (χ4n) is 2.97. The second kappa shape index (κ2) is 12.0. The lowest BCUT2D eigenvalue weighted by Crippen LogP contribution is -2.22. The van der Waals surface area contributed by atoms with Gasteiger partial charge >= 0.3 is 0 Å². The van der Waals surface area contributed by atoms with Crippen LogP contribution in [0.4, 0.5) is 0 Å². The number of nitrogens with one attached hydrogen (secondary N) is 2. The summed E-state index contributed by atoms with van der Waals surface area (Å²) in [5.74, 6) is 2.21. The van der Waals surface area contributed by atoms with Crippen LogP contribution in [0.3, 0.4) is 0 Å². The molecule has 2 N–H and O–H groups in total. The fraction of sp³-hybridized carbons (Fsp3) is 0.435. The predicted molar refractivity (Wildman–Crippen MR) is 115 cm³/mol. The lowest BCUT2D eigenvalue weighted by Gasteiger charge is -2.15. The fourth-order valence-corrected chi connectivity index (χ4v) is 2.97. The molecule has 0 heterocycles. The highest BCUT2D eigenvalue weighted by Gasteiger charge is 2.12. The van der Waals surface area contributed by atoms with Crippen molar-refractivity contribution >= 4 is 5.91 Å². The Morgan fingerprint density at radius 1 is 0.966 bits per heavy atom. The zero-order chi connectivity index (χ0) is 21.1. The number of hydrogen-bond acceptors (Lipinski definition) is 5. The number of hydrogen-bond donors (Lipinski definition) is 2. The Balaban J connectivity index is 1.73. The smallest absolute Gasteiger partial charge is 0.220 e. The maximum Gasteiger partial charge on any atom is 0.220 e. The van der Waals surface area contributed by atoms with Crippen molar-refractivity contribution in [2.75, 3.05) is 27.9 Å². The highest BCUT2D eigenvalue weighted by molar-refractivity contribution is 5.75. The highest BCUT2D eigenvalue weighted by Crippen LogP contribution is 2.34. The molecule has 6 heteroatoms. The lowest BCUT2D eigenvalue weighted by atomic mass is 10.1. The van der Waals surface area contributed by atoms with Crippen LogP contribution in [0.2, 0.25) is 0 Å². The van der Waals surface area contributed by atoms with Crippen molar-refractivity contribution in [1.82, 2.24) is 10.6 Å². The van der Waals surface area contributed by atoms with Crippen molar-refractivity contribution in [2.24, 2.45) is 0 Å². The molecule has 0 unspecified atom stereocenters. The minimum absolute atomic E-state index is 0.0605. The zero-order valence-corrected chi connectivity index (χ0v) is 17.8. The van der Waals surface area contributed by atoms with E-state index in [1.807, 2.05) is 50.4 Å². The summed E-state index contributed by atoms with van der Waals surface area (Å²) in [4.78, 5) is 12.0. The van der Waals surface area contributed by atoms with E-state index in [-0.39, 0.29) is 5.91 Å². The number of carbonyl (C=O) groups is 1. The summed E-state index contributed by atoms with van der Waals surface area (Å²) in [6, 6.07) is 11.9. The Hall–Kier alpha value is -2.73. The standard InChI is InChI=1S/C23H32N2O4/c1-17-8-10-18(11-9-17)15-25-23(26)7-5-6-12-29-19-13-21(27-3)20(16-24-2)22(14-19)28-4/h8-11,13-14,24H,5-7,12,15-16H2,1-4H3,(H,25,26). The van der Waals surface area contributed by atoms with E-state index in [0.29, 0.717) is 31.9 Å². The molecule has 2 aromatic rings. The van der Waals surface area contributed by atoms with Crippen molar-refractivity contribution in [3.05, 3.63) is 53.1 Å². The van der Waals surface area contributed by atoms with Gasteiger partial charge in [-0.05, 0) is 32.4 Å². The summed E-state index contributed by atoms with van der Waals surface area (Å²) >= 11 is 0. The van der Waals surface area contributed by atoms with E-state index in [9.17, 15) is 4.79 Å². The third-order valence-corrected chi connectivity index (χ3v) is 4.61. The summed E-state index contributed by atoms with van der Waals surface area (Å²) in [5, 5.41) is 6.06. The van der Waals surface area contributed by atoms with Crippen molar-refractivity contribution in [3.63, 3.8) is 0 Å². The third-order valence-electron chi connectivity index (χ3n) is 4.61. The normalized spacial score (nSPS) is 10.5. The number of aryl methyl sites for hydroxylation is 1. The van der Waals surface area contributed by atoms with Crippen LogP contribution in [0, 0.1) is 6.92 Å². The van der Waals surface area contributed by atoms with Gasteiger partial charge in [0, 0.05) is 31.6 Å². The van der Waals surface area contributed by atoms with Crippen LogP contribution in [0.25, 0.3) is 0 Å². The van der Waals surface area contributed by atoms with Crippen molar-refractivity contribution < 1.29 is 19.0 Å². The summed E-state index contributed by atoms with van der Waals surface area (Å²) in [5.41, 5.74) is 3.28. The van der Waals surface area contributed by atoms with Gasteiger partial charge in [0.1, 0.15) is 17.2 Å². The van der Waals surface area contributed by atoms with Crippen LogP contribution < -0.4 is 24.8 Å². The molecule has 0 aliphatic heterocycles. The maximum atomic E-state index is 12.0. The quantitative estimate of drug-likeness (QED) is 0.533. The molecule has 0 radical (unpaired) electrons. The molecule has 0 fully saturated rings. The van der Waals surface area contributed by atoms with Crippen molar-refractivity contribution in [2.45, 2.75) is 39.3 Å². The molecular formula is C23H32N2O4. The average Bonchev–Trinajstić information content (AvgIpc) is 2.73. The highest BCUT2D eigenvalue weighted by atomic mass is 16.5. The molecular weight excluding hydrogens is 368 g/mol. The van der Waals surface area contributed by atoms with Crippen LogP contribution in [-0.4, -0.2) is 33.8 Å². The summed E-state index contributed by atoms with van der Waals surface area (Å²) in [6.07, 6.45) is 2.05. The average molecular weight is 401 g/mol. The second-order valence-electron chi connectivity index (χ2n) is 6.90. The molecule has 2 rings (SSSR count). The monoisotopic (exact) mass is 400 g/mol. The zero-order valence-electron chi connectivity index (χ0n) is 17.8. The summed E-state index contributed by atoms with van der Waals surface area (Å²) in [7, 11) is 5.14. The Kier molecular flexibility index (Phi) is 9.31. The SMILES string of the molecule is CNCc1c(OC)cc(OCCCCC(=O)NCc2ccc(C)cc2)cc1OC. The van der Waals surface area contributed by atoms with E-state index in [2.05, 4.69) is 10.6 Å². The minimum atomic E-state index is 0.0605. The van der Waals surface area contributed by atoms with E-state index >= 15 is 0 Å². The second-order valence-corrected chi connectivity index (χ2v) is 6.90. The van der Waals surface area contributed by atoms with Gasteiger partial charge in [-0.25, -0.2) is 0 Å². The van der Waals surface area contributed by atoms with Gasteiger partial charge in [0.15, 0.2) is 0 Å². The third kappa shape index (κ3) is 7.31. The molecule has 1 amide bonds. The summed E-state index contributed by atoms with van der Waals surface area (Å²) < 4.78 is 16.7. The Bertz CT molecular complexity index is 750. The van der Waals surface area contributed by atoms with E-state index in [0.717, 1.165) is 35.5 Å². The first kappa shape index (κ1) is 22.6. The number of rotatable bonds is 12. The molecule has 0 aliphatic rings. The Morgan fingerprint density at radius 2 is 1.62 bits per heavy atom. The van der Waals surface area contributed by atoms with Gasteiger partial charge in [-0.2, -0.15) is 0 Å². The number of benzene rings is 2. The molecule has 29 heavy (non-hydrogen) atoms. The molecule has 158 valence electrons. The van der Waals surface area contributed by atoms with E-state index in [4.69, 9.17) is 14.2 Å². The Labute approximate surface area is 173 Å². The predicted octanol–water partition coefficient (Wildman–Crippen LogP) is 3.60. The van der Waals surface area contributed by atoms with Crippen LogP contribution >= 0.6 is 0 Å². The molecule has 2 aromatic carbocycles. The Morgan fingerprint density at radius 3 is 2.21 bits per heavy atom. The van der Waals surface area contributed by atoms with Gasteiger partial charge in [-0.3, -0.25) is 4.79 Å². The van der Waals surface area contributed by atoms with Crippen LogP contribution in [0.15, 0.2) is 36.4 Å². The maximum absolute atomic E-state index is 12.0. The van der Waals surface area contributed by atoms with E-state index in [1.165, 1.54) is 5.56 Å². The van der Waals surface area contributed by atoms with Crippen molar-refractivity contribution in [3.8, 4) is 17.2 Å². The lowest BCUT2D eigenvalue weighted by molar-refractivity contribution is -0.121. The van der Waals surface area contributed by atoms with E-state index in [1.54, 1.807) is 14.2 Å². The first-order valence-corrected chi connectivity index (χ1v) is 9.92. The van der Waals surface area contributed by atoms with Gasteiger partial charge < -0.3 is 24.8 Å². The van der Waals surface area contributed by atoms with Gasteiger partial charge in [0.2, 0.25) is 5.91 Å². The van der Waals surface area contributed by atoms with Gasteiger partial charge in [0.05, 0.1) is 26.4 Å².